The van der Waals surface area contributed by atoms with Crippen molar-refractivity contribution < 1.29 is 9.21 Å². The molecule has 0 aliphatic heterocycles. The summed E-state index contributed by atoms with van der Waals surface area (Å²) in [5.74, 6) is 1.27. The second-order valence-corrected chi connectivity index (χ2v) is 5.98. The Labute approximate surface area is 110 Å². The Morgan fingerprint density at radius 3 is 2.71 bits per heavy atom. The number of amides is 1. The van der Waals surface area contributed by atoms with E-state index < -0.39 is 0 Å². The Bertz CT molecular complexity index is 368. The van der Waals surface area contributed by atoms with E-state index in [1.165, 1.54) is 11.8 Å². The van der Waals surface area contributed by atoms with Crippen LogP contribution in [0.5, 0.6) is 0 Å². The van der Waals surface area contributed by atoms with Crippen molar-refractivity contribution in [2.45, 2.75) is 43.0 Å². The lowest BCUT2D eigenvalue weighted by atomic mass is 10.3. The number of nitrogens with one attached hydrogen (secondary N) is 1. The number of rotatable bonds is 6. The fourth-order valence-electron chi connectivity index (χ4n) is 1.07. The van der Waals surface area contributed by atoms with Crippen LogP contribution < -0.4 is 5.32 Å². The van der Waals surface area contributed by atoms with E-state index >= 15 is 0 Å². The van der Waals surface area contributed by atoms with Gasteiger partial charge in [-0.25, -0.2) is 0 Å². The highest BCUT2D eigenvalue weighted by Gasteiger charge is 2.18. The van der Waals surface area contributed by atoms with Gasteiger partial charge in [0, 0.05) is 6.04 Å². The number of hydrogen-bond acceptors (Lipinski definition) is 6. The van der Waals surface area contributed by atoms with E-state index in [1.807, 2.05) is 27.0 Å². The second kappa shape index (κ2) is 6.90. The van der Waals surface area contributed by atoms with Gasteiger partial charge in [0.25, 0.3) is 5.22 Å². The van der Waals surface area contributed by atoms with Crippen molar-refractivity contribution in [1.29, 1.82) is 0 Å². The van der Waals surface area contributed by atoms with Gasteiger partial charge >= 0.3 is 0 Å². The summed E-state index contributed by atoms with van der Waals surface area (Å²) >= 11 is 2.90. The minimum absolute atomic E-state index is 0.0189. The van der Waals surface area contributed by atoms with Gasteiger partial charge in [-0.15, -0.1) is 10.2 Å². The van der Waals surface area contributed by atoms with Gasteiger partial charge in [-0.1, -0.05) is 11.8 Å². The topological polar surface area (TPSA) is 68.0 Å². The molecule has 1 N–H and O–H groups in total. The van der Waals surface area contributed by atoms with E-state index in [-0.39, 0.29) is 17.2 Å². The second-order valence-electron chi connectivity index (χ2n) is 3.82. The number of carbonyl (C=O) groups excluding carboxylic acids is 1. The average molecular weight is 275 g/mol. The summed E-state index contributed by atoms with van der Waals surface area (Å²) in [5, 5.41) is 10.8. The van der Waals surface area contributed by atoms with E-state index in [9.17, 15) is 4.79 Å². The number of hydrogen-bond donors (Lipinski definition) is 1. The molecular formula is C10H17N3O2S2. The molecule has 5 nitrogen and oxygen atoms in total. The molecule has 0 saturated heterocycles. The lowest BCUT2D eigenvalue weighted by Gasteiger charge is -2.12. The summed E-state index contributed by atoms with van der Waals surface area (Å²) in [6.07, 6.45) is 1.97. The molecule has 0 bridgehead atoms. The largest absolute Gasteiger partial charge is 0.415 e. The highest BCUT2D eigenvalue weighted by molar-refractivity contribution is 8.00. The molecule has 1 aromatic heterocycles. The molecule has 0 saturated carbocycles. The highest BCUT2D eigenvalue weighted by Crippen LogP contribution is 2.22. The number of thioether (sulfide) groups is 2. The standard InChI is InChI=1S/C10H17N3O2S2/c1-6(2)11-9(14)7(3)17-10-13-12-8(15-10)5-16-4/h6-7H,5H2,1-4H3,(H,11,14). The van der Waals surface area contributed by atoms with Crippen molar-refractivity contribution in [3.63, 3.8) is 0 Å². The SMILES string of the molecule is CSCc1nnc(SC(C)C(=O)NC(C)C)o1. The zero-order chi connectivity index (χ0) is 12.8. The van der Waals surface area contributed by atoms with Gasteiger partial charge in [0.15, 0.2) is 0 Å². The van der Waals surface area contributed by atoms with Crippen molar-refractivity contribution in [3.05, 3.63) is 5.89 Å². The number of nitrogens with zero attached hydrogens (tertiary/aromatic N) is 2. The lowest BCUT2D eigenvalue weighted by Crippen LogP contribution is -2.35. The molecule has 17 heavy (non-hydrogen) atoms. The van der Waals surface area contributed by atoms with Gasteiger partial charge in [-0.2, -0.15) is 11.8 Å². The fraction of sp³-hybridized carbons (Fsp3) is 0.700. The summed E-state index contributed by atoms with van der Waals surface area (Å²) in [7, 11) is 0. The van der Waals surface area contributed by atoms with Crippen LogP contribution in [0.25, 0.3) is 0 Å². The van der Waals surface area contributed by atoms with Crippen LogP contribution in [-0.2, 0) is 10.5 Å². The predicted molar refractivity (Wildman–Crippen MR) is 70.1 cm³/mol. The van der Waals surface area contributed by atoms with Crippen LogP contribution in [-0.4, -0.2) is 33.7 Å². The van der Waals surface area contributed by atoms with Crippen molar-refractivity contribution in [3.8, 4) is 0 Å². The maximum atomic E-state index is 11.7. The Kier molecular flexibility index (Phi) is 5.84. The van der Waals surface area contributed by atoms with E-state index in [4.69, 9.17) is 4.42 Å². The molecule has 1 aromatic rings. The molecule has 1 atom stereocenters. The van der Waals surface area contributed by atoms with Gasteiger partial charge in [0.1, 0.15) is 0 Å². The third-order valence-electron chi connectivity index (χ3n) is 1.79. The monoisotopic (exact) mass is 275 g/mol. The summed E-state index contributed by atoms with van der Waals surface area (Å²) in [6, 6.07) is 0.139. The molecule has 0 aliphatic rings. The summed E-state index contributed by atoms with van der Waals surface area (Å²) in [4.78, 5) is 11.7. The fourth-order valence-corrected chi connectivity index (χ4v) is 2.15. The summed E-state index contributed by atoms with van der Waals surface area (Å²) < 4.78 is 5.39. The van der Waals surface area contributed by atoms with Crippen molar-refractivity contribution in [2.24, 2.45) is 0 Å². The van der Waals surface area contributed by atoms with Crippen LogP contribution >= 0.6 is 23.5 Å². The Hall–Kier alpha value is -0.690. The van der Waals surface area contributed by atoms with Crippen LogP contribution in [0.15, 0.2) is 9.64 Å². The first-order chi connectivity index (χ1) is 8.02. The smallest absolute Gasteiger partial charge is 0.277 e. The van der Waals surface area contributed by atoms with Crippen molar-refractivity contribution in [2.75, 3.05) is 6.26 Å². The Morgan fingerprint density at radius 2 is 2.12 bits per heavy atom. The van der Waals surface area contributed by atoms with Crippen LogP contribution in [0.3, 0.4) is 0 Å². The van der Waals surface area contributed by atoms with E-state index in [0.717, 1.165) is 0 Å². The molecule has 1 heterocycles. The summed E-state index contributed by atoms with van der Waals surface area (Å²) in [6.45, 7) is 5.68. The van der Waals surface area contributed by atoms with Crippen LogP contribution in [0.4, 0.5) is 0 Å². The first-order valence-corrected chi connectivity index (χ1v) is 7.58. The Balaban J connectivity index is 2.49. The van der Waals surface area contributed by atoms with Gasteiger partial charge in [0.2, 0.25) is 11.8 Å². The van der Waals surface area contributed by atoms with Crippen molar-refractivity contribution >= 4 is 29.4 Å². The Morgan fingerprint density at radius 1 is 1.41 bits per heavy atom. The summed E-state index contributed by atoms with van der Waals surface area (Å²) in [5.41, 5.74) is 0. The van der Waals surface area contributed by atoms with E-state index in [2.05, 4.69) is 15.5 Å². The van der Waals surface area contributed by atoms with Crippen LogP contribution in [0, 0.1) is 0 Å². The van der Waals surface area contributed by atoms with E-state index in [1.54, 1.807) is 11.8 Å². The average Bonchev–Trinajstić information content (AvgIpc) is 2.65. The van der Waals surface area contributed by atoms with Gasteiger partial charge < -0.3 is 9.73 Å². The maximum Gasteiger partial charge on any atom is 0.277 e. The molecule has 0 fully saturated rings. The molecule has 1 rings (SSSR count). The third kappa shape index (κ3) is 4.99. The molecule has 7 heteroatoms. The van der Waals surface area contributed by atoms with Crippen molar-refractivity contribution in [1.82, 2.24) is 15.5 Å². The molecular weight excluding hydrogens is 258 g/mol. The van der Waals surface area contributed by atoms with Gasteiger partial charge in [0.05, 0.1) is 11.0 Å². The quantitative estimate of drug-likeness (QED) is 0.800. The predicted octanol–water partition coefficient (Wildman–Crippen LogP) is 1.94. The molecule has 96 valence electrons. The molecule has 0 spiro atoms. The molecule has 1 unspecified atom stereocenters. The van der Waals surface area contributed by atoms with E-state index in [0.29, 0.717) is 16.9 Å². The minimum atomic E-state index is -0.236. The first-order valence-electron chi connectivity index (χ1n) is 5.31. The molecule has 0 aliphatic carbocycles. The number of aromatic nitrogens is 2. The molecule has 0 aromatic carbocycles. The molecule has 1 amide bonds. The normalized spacial score (nSPS) is 12.8. The highest BCUT2D eigenvalue weighted by atomic mass is 32.2. The van der Waals surface area contributed by atoms with Crippen LogP contribution in [0.2, 0.25) is 0 Å². The van der Waals surface area contributed by atoms with Gasteiger partial charge in [-0.3, -0.25) is 4.79 Å². The zero-order valence-corrected chi connectivity index (χ0v) is 12.0. The maximum absolute atomic E-state index is 11.7. The zero-order valence-electron chi connectivity index (χ0n) is 10.4. The lowest BCUT2D eigenvalue weighted by molar-refractivity contribution is -0.120. The molecule has 0 radical (unpaired) electrons. The minimum Gasteiger partial charge on any atom is -0.415 e. The third-order valence-corrected chi connectivity index (χ3v) is 3.26. The number of carbonyl (C=O) groups is 1. The van der Waals surface area contributed by atoms with Gasteiger partial charge in [-0.05, 0) is 27.0 Å². The van der Waals surface area contributed by atoms with Crippen LogP contribution in [0.1, 0.15) is 26.7 Å². The first kappa shape index (κ1) is 14.4.